The fourth-order valence-electron chi connectivity index (χ4n) is 2.33. The maximum absolute atomic E-state index is 5.79. The van der Waals surface area contributed by atoms with Gasteiger partial charge in [0.25, 0.3) is 0 Å². The van der Waals surface area contributed by atoms with Crippen molar-refractivity contribution < 1.29 is 4.74 Å². The van der Waals surface area contributed by atoms with E-state index >= 15 is 0 Å². The molecule has 0 amide bonds. The Kier molecular flexibility index (Phi) is 2.78. The van der Waals surface area contributed by atoms with Gasteiger partial charge in [-0.05, 0) is 19.8 Å². The topological polar surface area (TPSA) is 50.8 Å². The minimum absolute atomic E-state index is 0.218. The Morgan fingerprint density at radius 3 is 2.47 bits per heavy atom. The third-order valence-corrected chi connectivity index (χ3v) is 3.42. The quantitative estimate of drug-likeness (QED) is 0.809. The van der Waals surface area contributed by atoms with Crippen molar-refractivity contribution in [2.75, 3.05) is 0 Å². The first-order chi connectivity index (χ1) is 7.13. The predicted octanol–water partition coefficient (Wildman–Crippen LogP) is 1.89. The molecule has 4 atom stereocenters. The molecule has 2 rings (SSSR count). The van der Waals surface area contributed by atoms with Crippen LogP contribution in [0.4, 0.5) is 0 Å². The molecular formula is C11H19N3O. The fourth-order valence-corrected chi connectivity index (χ4v) is 2.33. The van der Waals surface area contributed by atoms with Gasteiger partial charge in [0.15, 0.2) is 5.82 Å². The molecule has 1 aliphatic rings. The van der Waals surface area contributed by atoms with Crippen LogP contribution in [0.1, 0.15) is 45.3 Å². The molecule has 1 aliphatic heterocycles. The van der Waals surface area contributed by atoms with E-state index in [1.54, 1.807) is 0 Å². The normalized spacial score (nSPS) is 36.0. The largest absolute Gasteiger partial charge is 0.374 e. The summed E-state index contributed by atoms with van der Waals surface area (Å²) in [7, 11) is 0. The minimum atomic E-state index is 0.218. The highest BCUT2D eigenvalue weighted by Crippen LogP contribution is 2.38. The highest BCUT2D eigenvalue weighted by atomic mass is 16.5. The molecule has 0 saturated carbocycles. The van der Waals surface area contributed by atoms with Crippen LogP contribution in [0, 0.1) is 5.92 Å². The van der Waals surface area contributed by atoms with E-state index in [0.29, 0.717) is 17.9 Å². The van der Waals surface area contributed by atoms with Gasteiger partial charge in [-0.25, -0.2) is 4.98 Å². The molecule has 0 radical (unpaired) electrons. The number of nitrogens with zero attached hydrogens (tertiary/aromatic N) is 2. The Balaban J connectivity index is 2.22. The number of rotatable bonds is 2. The summed E-state index contributed by atoms with van der Waals surface area (Å²) in [4.78, 5) is 4.50. The van der Waals surface area contributed by atoms with Crippen molar-refractivity contribution in [3.8, 4) is 0 Å². The van der Waals surface area contributed by atoms with Gasteiger partial charge in [-0.1, -0.05) is 13.8 Å². The van der Waals surface area contributed by atoms with Crippen LogP contribution in [0.5, 0.6) is 0 Å². The first kappa shape index (κ1) is 10.6. The summed E-state index contributed by atoms with van der Waals surface area (Å²) in [5.74, 6) is 2.69. The molecule has 0 spiro atoms. The molecule has 2 heterocycles. The van der Waals surface area contributed by atoms with Crippen LogP contribution in [-0.2, 0) is 11.2 Å². The average Bonchev–Trinajstić information content (AvgIpc) is 2.74. The van der Waals surface area contributed by atoms with E-state index in [4.69, 9.17) is 4.74 Å². The van der Waals surface area contributed by atoms with E-state index in [0.717, 1.165) is 18.1 Å². The molecule has 1 aromatic heterocycles. The van der Waals surface area contributed by atoms with Gasteiger partial charge in [-0.3, -0.25) is 5.10 Å². The number of hydrogen-bond acceptors (Lipinski definition) is 3. The Labute approximate surface area is 90.4 Å². The summed E-state index contributed by atoms with van der Waals surface area (Å²) in [6.07, 6.45) is 1.42. The maximum atomic E-state index is 5.79. The Hall–Kier alpha value is -0.900. The number of nitrogens with one attached hydrogen (secondary N) is 1. The van der Waals surface area contributed by atoms with Crippen molar-refractivity contribution in [2.24, 2.45) is 5.92 Å². The van der Waals surface area contributed by atoms with Crippen LogP contribution in [0.15, 0.2) is 0 Å². The Morgan fingerprint density at radius 2 is 2.00 bits per heavy atom. The van der Waals surface area contributed by atoms with Crippen molar-refractivity contribution in [3.05, 3.63) is 11.6 Å². The SMILES string of the molecule is CCc1nc(C2C(C)OC(C)C2C)n[nH]1. The number of aryl methyl sites for hydroxylation is 1. The highest BCUT2D eigenvalue weighted by molar-refractivity contribution is 5.06. The van der Waals surface area contributed by atoms with Gasteiger partial charge in [0.1, 0.15) is 5.82 Å². The molecule has 4 unspecified atom stereocenters. The molecule has 15 heavy (non-hydrogen) atoms. The number of ether oxygens (including phenoxy) is 1. The minimum Gasteiger partial charge on any atom is -0.374 e. The maximum Gasteiger partial charge on any atom is 0.156 e. The van der Waals surface area contributed by atoms with Gasteiger partial charge >= 0.3 is 0 Å². The van der Waals surface area contributed by atoms with E-state index in [9.17, 15) is 0 Å². The zero-order valence-corrected chi connectivity index (χ0v) is 9.82. The lowest BCUT2D eigenvalue weighted by Crippen LogP contribution is -2.16. The summed E-state index contributed by atoms with van der Waals surface area (Å²) >= 11 is 0. The first-order valence-corrected chi connectivity index (χ1v) is 5.70. The van der Waals surface area contributed by atoms with Crippen molar-refractivity contribution in [1.29, 1.82) is 0 Å². The van der Waals surface area contributed by atoms with Gasteiger partial charge in [-0.2, -0.15) is 5.10 Å². The second-order valence-corrected chi connectivity index (χ2v) is 4.43. The van der Waals surface area contributed by atoms with Crippen LogP contribution in [0.25, 0.3) is 0 Å². The third kappa shape index (κ3) is 1.78. The monoisotopic (exact) mass is 209 g/mol. The van der Waals surface area contributed by atoms with Crippen LogP contribution in [0.3, 0.4) is 0 Å². The van der Waals surface area contributed by atoms with Gasteiger partial charge in [0.2, 0.25) is 0 Å². The molecule has 4 heteroatoms. The zero-order chi connectivity index (χ0) is 11.0. The van der Waals surface area contributed by atoms with Crippen LogP contribution >= 0.6 is 0 Å². The standard InChI is InChI=1S/C11H19N3O/c1-5-9-12-11(14-13-9)10-6(2)7(3)15-8(10)4/h6-8,10H,5H2,1-4H3,(H,12,13,14). The Bertz CT molecular complexity index is 336. The smallest absolute Gasteiger partial charge is 0.156 e. The molecule has 1 saturated heterocycles. The van der Waals surface area contributed by atoms with Crippen molar-refractivity contribution >= 4 is 0 Å². The summed E-state index contributed by atoms with van der Waals surface area (Å²) in [5.41, 5.74) is 0. The van der Waals surface area contributed by atoms with Gasteiger partial charge < -0.3 is 4.74 Å². The number of aromatic nitrogens is 3. The molecule has 1 N–H and O–H groups in total. The molecule has 1 aromatic rings. The van der Waals surface area contributed by atoms with E-state index in [1.165, 1.54) is 0 Å². The molecule has 1 fully saturated rings. The van der Waals surface area contributed by atoms with Crippen molar-refractivity contribution in [2.45, 2.75) is 52.2 Å². The van der Waals surface area contributed by atoms with Gasteiger partial charge in [0, 0.05) is 6.42 Å². The second kappa shape index (κ2) is 3.93. The predicted molar refractivity (Wildman–Crippen MR) is 57.7 cm³/mol. The lowest BCUT2D eigenvalue weighted by Gasteiger charge is -2.13. The van der Waals surface area contributed by atoms with E-state index < -0.39 is 0 Å². The fraction of sp³-hybridized carbons (Fsp3) is 0.818. The van der Waals surface area contributed by atoms with Crippen LogP contribution in [-0.4, -0.2) is 27.4 Å². The van der Waals surface area contributed by atoms with Gasteiger partial charge in [-0.15, -0.1) is 0 Å². The highest BCUT2D eigenvalue weighted by Gasteiger charge is 2.40. The van der Waals surface area contributed by atoms with Crippen LogP contribution < -0.4 is 0 Å². The first-order valence-electron chi connectivity index (χ1n) is 5.70. The number of hydrogen-bond donors (Lipinski definition) is 1. The summed E-state index contributed by atoms with van der Waals surface area (Å²) in [6.45, 7) is 8.51. The van der Waals surface area contributed by atoms with Crippen LogP contribution in [0.2, 0.25) is 0 Å². The molecule has 0 aliphatic carbocycles. The Morgan fingerprint density at radius 1 is 1.27 bits per heavy atom. The average molecular weight is 209 g/mol. The number of H-pyrrole nitrogens is 1. The molecule has 0 bridgehead atoms. The lowest BCUT2D eigenvalue weighted by atomic mass is 9.89. The molecule has 84 valence electrons. The molecule has 4 nitrogen and oxygen atoms in total. The van der Waals surface area contributed by atoms with Crippen molar-refractivity contribution in [3.63, 3.8) is 0 Å². The molecular weight excluding hydrogens is 190 g/mol. The van der Waals surface area contributed by atoms with Crippen molar-refractivity contribution in [1.82, 2.24) is 15.2 Å². The zero-order valence-electron chi connectivity index (χ0n) is 9.82. The van der Waals surface area contributed by atoms with E-state index in [1.807, 2.05) is 0 Å². The number of aromatic amines is 1. The third-order valence-electron chi connectivity index (χ3n) is 3.42. The van der Waals surface area contributed by atoms with E-state index in [2.05, 4.69) is 42.9 Å². The van der Waals surface area contributed by atoms with E-state index in [-0.39, 0.29) is 6.10 Å². The molecule has 0 aromatic carbocycles. The second-order valence-electron chi connectivity index (χ2n) is 4.43. The summed E-state index contributed by atoms with van der Waals surface area (Å²) in [5, 5.41) is 7.26. The summed E-state index contributed by atoms with van der Waals surface area (Å²) in [6, 6.07) is 0. The van der Waals surface area contributed by atoms with Gasteiger partial charge in [0.05, 0.1) is 18.1 Å². The summed E-state index contributed by atoms with van der Waals surface area (Å²) < 4.78 is 5.79. The lowest BCUT2D eigenvalue weighted by molar-refractivity contribution is 0.0553.